The van der Waals surface area contributed by atoms with Crippen molar-refractivity contribution in [3.63, 3.8) is 0 Å². The molecule has 0 aromatic heterocycles. The number of carbonyl (C=O) groups excluding carboxylic acids is 1. The second kappa shape index (κ2) is 16.5. The van der Waals surface area contributed by atoms with Gasteiger partial charge in [0.15, 0.2) is 0 Å². The molecule has 10 nitrogen and oxygen atoms in total. The van der Waals surface area contributed by atoms with Crippen molar-refractivity contribution < 1.29 is 23.7 Å². The standard InChI is InChI=1S/C31H32Cl3N5O5/c32-31(33,34)29(35)44-28-25(37-38-36)16-17-27(43-28)26(21-41-19-23-12-6-2-7-13-23)39(18-22-10-4-1-5-11-22)30(40)42-20-24-14-8-3-9-15-24/h1-15,25-28,35H,16-21H2/t25-,26?,27+,28?/m1/s1. The molecular formula is C31H32Cl3N5O5. The van der Waals surface area contributed by atoms with Gasteiger partial charge in [-0.15, -0.1) is 0 Å². The number of halogens is 3. The van der Waals surface area contributed by atoms with Crippen molar-refractivity contribution in [1.29, 1.82) is 5.41 Å². The third kappa shape index (κ3) is 10.0. The molecule has 13 heteroatoms. The number of nitrogens with zero attached hydrogens (tertiary/aromatic N) is 4. The second-order valence-corrected chi connectivity index (χ2v) is 12.3. The zero-order chi connectivity index (χ0) is 31.4. The van der Waals surface area contributed by atoms with Gasteiger partial charge >= 0.3 is 6.09 Å². The van der Waals surface area contributed by atoms with Crippen LogP contribution < -0.4 is 0 Å². The minimum absolute atomic E-state index is 0.0686. The molecule has 232 valence electrons. The summed E-state index contributed by atoms with van der Waals surface area (Å²) in [7, 11) is 0. The van der Waals surface area contributed by atoms with Crippen LogP contribution in [0.15, 0.2) is 96.1 Å². The summed E-state index contributed by atoms with van der Waals surface area (Å²) < 4.78 is 21.6. The van der Waals surface area contributed by atoms with Gasteiger partial charge in [0.05, 0.1) is 31.4 Å². The van der Waals surface area contributed by atoms with Crippen molar-refractivity contribution in [1.82, 2.24) is 4.90 Å². The molecule has 0 spiro atoms. The molecule has 0 bridgehead atoms. The van der Waals surface area contributed by atoms with E-state index >= 15 is 0 Å². The molecule has 2 unspecified atom stereocenters. The third-order valence-corrected chi connectivity index (χ3v) is 7.44. The van der Waals surface area contributed by atoms with Gasteiger partial charge in [0.2, 0.25) is 12.2 Å². The number of hydrogen-bond donors (Lipinski definition) is 1. The molecule has 1 amide bonds. The summed E-state index contributed by atoms with van der Waals surface area (Å²) >= 11 is 17.6. The highest BCUT2D eigenvalue weighted by atomic mass is 35.6. The fourth-order valence-corrected chi connectivity index (χ4v) is 4.86. The number of benzene rings is 3. The molecule has 1 aliphatic heterocycles. The fourth-order valence-electron chi connectivity index (χ4n) is 4.72. The van der Waals surface area contributed by atoms with E-state index < -0.39 is 40.3 Å². The molecule has 1 aliphatic rings. The Morgan fingerprint density at radius 2 is 1.52 bits per heavy atom. The van der Waals surface area contributed by atoms with E-state index in [-0.39, 0.29) is 19.8 Å². The maximum Gasteiger partial charge on any atom is 0.410 e. The Morgan fingerprint density at radius 1 is 0.955 bits per heavy atom. The van der Waals surface area contributed by atoms with E-state index in [1.807, 2.05) is 91.0 Å². The second-order valence-electron chi connectivity index (χ2n) is 10.1. The summed E-state index contributed by atoms with van der Waals surface area (Å²) in [5.74, 6) is -0.688. The topological polar surface area (TPSA) is 130 Å². The van der Waals surface area contributed by atoms with E-state index in [0.717, 1.165) is 16.7 Å². The summed E-state index contributed by atoms with van der Waals surface area (Å²) in [4.78, 5) is 18.3. The van der Waals surface area contributed by atoms with Crippen LogP contribution in [0.25, 0.3) is 10.4 Å². The molecule has 0 saturated carbocycles. The Balaban J connectivity index is 1.62. The Kier molecular flexibility index (Phi) is 12.6. The highest BCUT2D eigenvalue weighted by Crippen LogP contribution is 2.33. The van der Waals surface area contributed by atoms with E-state index in [9.17, 15) is 4.79 Å². The molecular weight excluding hydrogens is 629 g/mol. The van der Waals surface area contributed by atoms with Crippen LogP contribution in [0, 0.1) is 5.41 Å². The summed E-state index contributed by atoms with van der Waals surface area (Å²) in [5, 5.41) is 11.8. The Labute approximate surface area is 270 Å². The maximum absolute atomic E-state index is 13.8. The van der Waals surface area contributed by atoms with Crippen LogP contribution in [-0.4, -0.2) is 51.8 Å². The molecule has 1 saturated heterocycles. The van der Waals surface area contributed by atoms with Crippen molar-refractivity contribution in [2.45, 2.75) is 60.9 Å². The Bertz CT molecular complexity index is 1390. The van der Waals surface area contributed by atoms with Crippen LogP contribution in [0.1, 0.15) is 29.5 Å². The summed E-state index contributed by atoms with van der Waals surface area (Å²) in [6.07, 6.45) is -1.81. The lowest BCUT2D eigenvalue weighted by Gasteiger charge is -2.41. The van der Waals surface area contributed by atoms with Crippen molar-refractivity contribution in [3.8, 4) is 0 Å². The molecule has 0 radical (unpaired) electrons. The lowest BCUT2D eigenvalue weighted by atomic mass is 9.97. The Hall–Kier alpha value is -3.50. The highest BCUT2D eigenvalue weighted by Gasteiger charge is 2.42. The van der Waals surface area contributed by atoms with Gasteiger partial charge < -0.3 is 18.9 Å². The molecule has 1 fully saturated rings. The van der Waals surface area contributed by atoms with Gasteiger partial charge in [-0.1, -0.05) is 131 Å². The average molecular weight is 661 g/mol. The predicted molar refractivity (Wildman–Crippen MR) is 168 cm³/mol. The van der Waals surface area contributed by atoms with Crippen LogP contribution in [0.2, 0.25) is 0 Å². The van der Waals surface area contributed by atoms with Crippen molar-refractivity contribution in [3.05, 3.63) is 118 Å². The zero-order valence-electron chi connectivity index (χ0n) is 23.7. The molecule has 0 aliphatic carbocycles. The van der Waals surface area contributed by atoms with Crippen molar-refractivity contribution in [2.24, 2.45) is 5.11 Å². The van der Waals surface area contributed by atoms with Gasteiger partial charge in [0.1, 0.15) is 6.61 Å². The first kappa shape index (κ1) is 33.4. The van der Waals surface area contributed by atoms with Crippen molar-refractivity contribution >= 4 is 46.8 Å². The first-order chi connectivity index (χ1) is 21.2. The number of rotatable bonds is 12. The van der Waals surface area contributed by atoms with Crippen LogP contribution in [0.5, 0.6) is 0 Å². The number of nitrogens with one attached hydrogen (secondary N) is 1. The Morgan fingerprint density at radius 3 is 2.09 bits per heavy atom. The van der Waals surface area contributed by atoms with E-state index in [0.29, 0.717) is 19.4 Å². The maximum atomic E-state index is 13.8. The van der Waals surface area contributed by atoms with Gasteiger partial charge in [-0.05, 0) is 35.1 Å². The predicted octanol–water partition coefficient (Wildman–Crippen LogP) is 7.96. The fraction of sp³-hybridized carbons (Fsp3) is 0.355. The average Bonchev–Trinajstić information content (AvgIpc) is 3.03. The summed E-state index contributed by atoms with van der Waals surface area (Å²) in [6, 6.07) is 27.0. The SMILES string of the molecule is [N-]=[N+]=N[C@@H]1CC[C@@H](C(COCc2ccccc2)N(Cc2ccccc2)C(=O)OCc2ccccc2)OC1OC(=N)C(Cl)(Cl)Cl. The van der Waals surface area contributed by atoms with Crippen LogP contribution in [0.4, 0.5) is 4.79 Å². The molecule has 3 aromatic rings. The number of amides is 1. The largest absolute Gasteiger partial charge is 0.448 e. The van der Waals surface area contributed by atoms with E-state index in [1.54, 1.807) is 4.90 Å². The number of alkyl halides is 3. The number of azide groups is 1. The number of carbonyl (C=O) groups is 1. The molecule has 44 heavy (non-hydrogen) atoms. The minimum atomic E-state index is -2.16. The lowest BCUT2D eigenvalue weighted by molar-refractivity contribution is -0.187. The highest BCUT2D eigenvalue weighted by molar-refractivity contribution is 6.76. The molecule has 3 aromatic carbocycles. The number of hydrogen-bond acceptors (Lipinski definition) is 7. The molecule has 4 rings (SSSR count). The number of ether oxygens (including phenoxy) is 4. The van der Waals surface area contributed by atoms with E-state index in [1.165, 1.54) is 0 Å². The molecule has 4 atom stereocenters. The van der Waals surface area contributed by atoms with Gasteiger partial charge in [0.25, 0.3) is 3.79 Å². The molecule has 1 heterocycles. The van der Waals surface area contributed by atoms with E-state index in [2.05, 4.69) is 10.0 Å². The smallest absolute Gasteiger partial charge is 0.410 e. The van der Waals surface area contributed by atoms with Crippen LogP contribution in [-0.2, 0) is 38.7 Å². The van der Waals surface area contributed by atoms with Crippen LogP contribution in [0.3, 0.4) is 0 Å². The van der Waals surface area contributed by atoms with Gasteiger partial charge in [-0.2, -0.15) is 0 Å². The first-order valence-corrected chi connectivity index (χ1v) is 15.0. The van der Waals surface area contributed by atoms with Crippen LogP contribution >= 0.6 is 34.8 Å². The van der Waals surface area contributed by atoms with Gasteiger partial charge in [-0.25, -0.2) is 4.79 Å². The van der Waals surface area contributed by atoms with Gasteiger partial charge in [0, 0.05) is 11.5 Å². The normalized spacial score (nSPS) is 18.8. The minimum Gasteiger partial charge on any atom is -0.448 e. The van der Waals surface area contributed by atoms with Crippen molar-refractivity contribution in [2.75, 3.05) is 6.61 Å². The summed E-state index contributed by atoms with van der Waals surface area (Å²) in [6.45, 7) is 0.636. The van der Waals surface area contributed by atoms with Gasteiger partial charge in [-0.3, -0.25) is 10.3 Å². The third-order valence-electron chi connectivity index (χ3n) is 6.93. The monoisotopic (exact) mass is 659 g/mol. The zero-order valence-corrected chi connectivity index (χ0v) is 25.9. The quantitative estimate of drug-likeness (QED) is 0.0526. The molecule has 1 N–H and O–H groups in total. The summed E-state index contributed by atoms with van der Waals surface area (Å²) in [5.41, 5.74) is 11.8. The van der Waals surface area contributed by atoms with E-state index in [4.69, 9.17) is 64.7 Å². The lowest BCUT2D eigenvalue weighted by Crippen LogP contribution is -2.54. The first-order valence-electron chi connectivity index (χ1n) is 13.9.